The van der Waals surface area contributed by atoms with Crippen LogP contribution in [0.3, 0.4) is 0 Å². The molecule has 0 saturated carbocycles. The molecular formula is C12H18F3N3. The number of rotatable bonds is 5. The van der Waals surface area contributed by atoms with E-state index in [-0.39, 0.29) is 23.9 Å². The van der Waals surface area contributed by atoms with Gasteiger partial charge in [0.25, 0.3) is 0 Å². The minimum absolute atomic E-state index is 0.0975. The molecule has 3 nitrogen and oxygen atoms in total. The quantitative estimate of drug-likeness (QED) is 0.827. The SMILES string of the molecule is CCCNCc1cnc(C(C)C)nc1C(F)(F)F. The molecule has 0 amide bonds. The molecule has 6 heteroatoms. The Labute approximate surface area is 105 Å². The molecule has 1 aromatic heterocycles. The Hall–Kier alpha value is -1.17. The van der Waals surface area contributed by atoms with Crippen LogP contribution in [0.2, 0.25) is 0 Å². The normalized spacial score (nSPS) is 12.2. The van der Waals surface area contributed by atoms with Crippen LogP contribution >= 0.6 is 0 Å². The first kappa shape index (κ1) is 14.9. The van der Waals surface area contributed by atoms with Gasteiger partial charge in [-0.05, 0) is 13.0 Å². The van der Waals surface area contributed by atoms with Gasteiger partial charge in [-0.3, -0.25) is 0 Å². The summed E-state index contributed by atoms with van der Waals surface area (Å²) in [6, 6.07) is 0. The highest BCUT2D eigenvalue weighted by Gasteiger charge is 2.36. The zero-order valence-corrected chi connectivity index (χ0v) is 10.8. The van der Waals surface area contributed by atoms with Crippen LogP contribution < -0.4 is 5.32 Å². The van der Waals surface area contributed by atoms with Gasteiger partial charge in [0.2, 0.25) is 0 Å². The van der Waals surface area contributed by atoms with Crippen molar-refractivity contribution in [2.75, 3.05) is 6.54 Å². The third-order valence-corrected chi connectivity index (χ3v) is 2.41. The topological polar surface area (TPSA) is 37.8 Å². The lowest BCUT2D eigenvalue weighted by molar-refractivity contribution is -0.142. The zero-order chi connectivity index (χ0) is 13.8. The van der Waals surface area contributed by atoms with Crippen molar-refractivity contribution in [1.82, 2.24) is 15.3 Å². The average Bonchev–Trinajstić information content (AvgIpc) is 2.28. The monoisotopic (exact) mass is 261 g/mol. The van der Waals surface area contributed by atoms with Gasteiger partial charge in [0.1, 0.15) is 5.82 Å². The number of nitrogens with one attached hydrogen (secondary N) is 1. The maximum Gasteiger partial charge on any atom is 0.433 e. The molecule has 0 bridgehead atoms. The number of nitrogens with zero attached hydrogens (tertiary/aromatic N) is 2. The fourth-order valence-corrected chi connectivity index (χ4v) is 1.47. The minimum Gasteiger partial charge on any atom is -0.313 e. The van der Waals surface area contributed by atoms with Crippen LogP contribution in [0.15, 0.2) is 6.20 Å². The standard InChI is InChI=1S/C12H18F3N3/c1-4-5-16-6-9-7-17-11(8(2)3)18-10(9)12(13,14)15/h7-8,16H,4-6H2,1-3H3. The third kappa shape index (κ3) is 3.94. The predicted octanol–water partition coefficient (Wildman–Crippen LogP) is 3.12. The minimum atomic E-state index is -4.43. The Bertz CT molecular complexity index is 389. The Morgan fingerprint density at radius 1 is 1.33 bits per heavy atom. The molecule has 0 saturated heterocycles. The van der Waals surface area contributed by atoms with Crippen molar-refractivity contribution < 1.29 is 13.2 Å². The molecule has 0 spiro atoms. The molecule has 1 heterocycles. The summed E-state index contributed by atoms with van der Waals surface area (Å²) in [5, 5.41) is 2.93. The summed E-state index contributed by atoms with van der Waals surface area (Å²) in [6.45, 7) is 6.30. The Morgan fingerprint density at radius 3 is 2.50 bits per heavy atom. The Kier molecular flexibility index (Phi) is 5.07. The molecule has 0 aromatic carbocycles. The van der Waals surface area contributed by atoms with Crippen molar-refractivity contribution in [3.05, 3.63) is 23.3 Å². The molecule has 0 aliphatic rings. The predicted molar refractivity (Wildman–Crippen MR) is 63.1 cm³/mol. The molecule has 102 valence electrons. The summed E-state index contributed by atoms with van der Waals surface area (Å²) in [7, 11) is 0. The number of aromatic nitrogens is 2. The molecule has 1 rings (SSSR count). The summed E-state index contributed by atoms with van der Waals surface area (Å²) in [4.78, 5) is 7.63. The summed E-state index contributed by atoms with van der Waals surface area (Å²) < 4.78 is 38.6. The van der Waals surface area contributed by atoms with E-state index in [2.05, 4.69) is 15.3 Å². The molecule has 18 heavy (non-hydrogen) atoms. The van der Waals surface area contributed by atoms with E-state index in [9.17, 15) is 13.2 Å². The summed E-state index contributed by atoms with van der Waals surface area (Å²) in [5.74, 6) is 0.102. The van der Waals surface area contributed by atoms with Crippen LogP contribution in [-0.2, 0) is 12.7 Å². The van der Waals surface area contributed by atoms with Gasteiger partial charge in [0.05, 0.1) is 0 Å². The smallest absolute Gasteiger partial charge is 0.313 e. The molecule has 0 aliphatic heterocycles. The number of hydrogen-bond donors (Lipinski definition) is 1. The first-order valence-corrected chi connectivity index (χ1v) is 6.00. The fourth-order valence-electron chi connectivity index (χ4n) is 1.47. The van der Waals surface area contributed by atoms with Gasteiger partial charge in [-0.2, -0.15) is 13.2 Å². The van der Waals surface area contributed by atoms with Gasteiger partial charge >= 0.3 is 6.18 Å². The van der Waals surface area contributed by atoms with Gasteiger partial charge < -0.3 is 5.32 Å². The van der Waals surface area contributed by atoms with Crippen molar-refractivity contribution in [2.45, 2.75) is 45.8 Å². The van der Waals surface area contributed by atoms with Crippen LogP contribution in [0.25, 0.3) is 0 Å². The van der Waals surface area contributed by atoms with Gasteiger partial charge in [0, 0.05) is 24.2 Å². The van der Waals surface area contributed by atoms with Gasteiger partial charge in [-0.15, -0.1) is 0 Å². The summed E-state index contributed by atoms with van der Waals surface area (Å²) in [6.07, 6.45) is -2.30. The second kappa shape index (κ2) is 6.13. The Balaban J connectivity index is 3.02. The van der Waals surface area contributed by atoms with E-state index in [1.807, 2.05) is 6.92 Å². The largest absolute Gasteiger partial charge is 0.433 e. The van der Waals surface area contributed by atoms with Gasteiger partial charge in [0.15, 0.2) is 5.69 Å². The highest BCUT2D eigenvalue weighted by molar-refractivity contribution is 5.21. The molecule has 0 unspecified atom stereocenters. The lowest BCUT2D eigenvalue weighted by Gasteiger charge is -2.14. The first-order chi connectivity index (χ1) is 8.36. The van der Waals surface area contributed by atoms with Crippen LogP contribution in [0, 0.1) is 0 Å². The highest BCUT2D eigenvalue weighted by Crippen LogP contribution is 2.30. The Morgan fingerprint density at radius 2 is 2.00 bits per heavy atom. The van der Waals surface area contributed by atoms with E-state index >= 15 is 0 Å². The van der Waals surface area contributed by atoms with E-state index in [4.69, 9.17) is 0 Å². The number of hydrogen-bond acceptors (Lipinski definition) is 3. The third-order valence-electron chi connectivity index (χ3n) is 2.41. The van der Waals surface area contributed by atoms with Gasteiger partial charge in [-0.1, -0.05) is 20.8 Å². The number of alkyl halides is 3. The van der Waals surface area contributed by atoms with Crippen molar-refractivity contribution in [3.63, 3.8) is 0 Å². The maximum atomic E-state index is 12.9. The molecule has 0 aliphatic carbocycles. The molecule has 0 fully saturated rings. The lowest BCUT2D eigenvalue weighted by Crippen LogP contribution is -2.21. The number of halogens is 3. The molecule has 0 radical (unpaired) electrons. The van der Waals surface area contributed by atoms with Gasteiger partial charge in [-0.25, -0.2) is 9.97 Å². The molecular weight excluding hydrogens is 243 g/mol. The van der Waals surface area contributed by atoms with Crippen LogP contribution in [0.1, 0.15) is 50.2 Å². The molecule has 1 aromatic rings. The van der Waals surface area contributed by atoms with Crippen LogP contribution in [-0.4, -0.2) is 16.5 Å². The van der Waals surface area contributed by atoms with Crippen LogP contribution in [0.4, 0.5) is 13.2 Å². The fraction of sp³-hybridized carbons (Fsp3) is 0.667. The maximum absolute atomic E-state index is 12.9. The van der Waals surface area contributed by atoms with Crippen molar-refractivity contribution in [2.24, 2.45) is 0 Å². The van der Waals surface area contributed by atoms with E-state index in [0.29, 0.717) is 6.54 Å². The van der Waals surface area contributed by atoms with Crippen LogP contribution in [0.5, 0.6) is 0 Å². The second-order valence-corrected chi connectivity index (χ2v) is 4.43. The molecule has 1 N–H and O–H groups in total. The summed E-state index contributed by atoms with van der Waals surface area (Å²) >= 11 is 0. The van der Waals surface area contributed by atoms with E-state index in [1.54, 1.807) is 13.8 Å². The van der Waals surface area contributed by atoms with Crippen molar-refractivity contribution in [3.8, 4) is 0 Å². The summed E-state index contributed by atoms with van der Waals surface area (Å²) in [5.41, 5.74) is -0.731. The van der Waals surface area contributed by atoms with Crippen molar-refractivity contribution >= 4 is 0 Å². The van der Waals surface area contributed by atoms with E-state index in [0.717, 1.165) is 6.42 Å². The van der Waals surface area contributed by atoms with E-state index in [1.165, 1.54) is 6.20 Å². The van der Waals surface area contributed by atoms with Crippen molar-refractivity contribution in [1.29, 1.82) is 0 Å². The molecule has 0 atom stereocenters. The average molecular weight is 261 g/mol. The van der Waals surface area contributed by atoms with E-state index < -0.39 is 11.9 Å². The highest BCUT2D eigenvalue weighted by atomic mass is 19.4. The lowest BCUT2D eigenvalue weighted by atomic mass is 10.1. The first-order valence-electron chi connectivity index (χ1n) is 6.00. The second-order valence-electron chi connectivity index (χ2n) is 4.43. The zero-order valence-electron chi connectivity index (χ0n) is 10.8.